The minimum Gasteiger partial charge on any atom is -0.465 e. The zero-order valence-corrected chi connectivity index (χ0v) is 14.1. The van der Waals surface area contributed by atoms with E-state index >= 15 is 0 Å². The molecule has 1 heterocycles. The van der Waals surface area contributed by atoms with Gasteiger partial charge in [0.2, 0.25) is 0 Å². The maximum Gasteiger partial charge on any atom is 0.338 e. The van der Waals surface area contributed by atoms with Crippen molar-refractivity contribution in [1.82, 2.24) is 0 Å². The number of nitrogens with zero attached hydrogens (tertiary/aromatic N) is 1. The van der Waals surface area contributed by atoms with Gasteiger partial charge in [0.25, 0.3) is 0 Å². The second-order valence-electron chi connectivity index (χ2n) is 5.63. The van der Waals surface area contributed by atoms with Crippen molar-refractivity contribution in [1.29, 1.82) is 0 Å². The molecule has 0 N–H and O–H groups in total. The number of methoxy groups -OCH3 is 3. The van der Waals surface area contributed by atoms with Crippen LogP contribution in [0.4, 0.5) is 5.69 Å². The lowest BCUT2D eigenvalue weighted by atomic mass is 9.95. The highest BCUT2D eigenvalue weighted by molar-refractivity contribution is 5.94. The second-order valence-corrected chi connectivity index (χ2v) is 5.63. The predicted molar refractivity (Wildman–Crippen MR) is 90.6 cm³/mol. The zero-order chi connectivity index (χ0) is 16.8. The van der Waals surface area contributed by atoms with Gasteiger partial charge in [-0.25, -0.2) is 4.79 Å². The monoisotopic (exact) mass is 319 g/mol. The van der Waals surface area contributed by atoms with E-state index in [1.807, 2.05) is 12.1 Å². The van der Waals surface area contributed by atoms with Crippen LogP contribution in [-0.4, -0.2) is 46.7 Å². The molecule has 126 valence electrons. The Morgan fingerprint density at radius 3 is 2.43 bits per heavy atom. The largest absolute Gasteiger partial charge is 0.465 e. The summed E-state index contributed by atoms with van der Waals surface area (Å²) in [7, 11) is 4.75. The van der Waals surface area contributed by atoms with Gasteiger partial charge in [0, 0.05) is 38.9 Å². The summed E-state index contributed by atoms with van der Waals surface area (Å²) in [6, 6.07) is 5.75. The molecule has 0 bridgehead atoms. The Hall–Kier alpha value is -1.85. The van der Waals surface area contributed by atoms with Crippen molar-refractivity contribution < 1.29 is 19.0 Å². The van der Waals surface area contributed by atoms with E-state index in [9.17, 15) is 4.79 Å². The van der Waals surface area contributed by atoms with Crippen molar-refractivity contribution >= 4 is 17.7 Å². The maximum atomic E-state index is 11.8. The smallest absolute Gasteiger partial charge is 0.338 e. The molecule has 1 aromatic rings. The third kappa shape index (κ3) is 3.92. The molecule has 0 radical (unpaired) electrons. The lowest BCUT2D eigenvalue weighted by Gasteiger charge is -2.36. The fourth-order valence-electron chi connectivity index (χ4n) is 3.12. The molecule has 1 saturated heterocycles. The standard InChI is InChI=1S/C18H25NO4/c1-5-13-12-15(6-7-16(13)17(20)21-2)19-10-8-14(9-11-19)18(22-3)23-4/h5-7,12,14,18H,1,8-11H2,2-4H3. The molecule has 0 aliphatic carbocycles. The molecule has 0 amide bonds. The minimum absolute atomic E-state index is 0.136. The van der Waals surface area contributed by atoms with Crippen LogP contribution in [0.25, 0.3) is 6.08 Å². The fraction of sp³-hybridized carbons (Fsp3) is 0.500. The molecule has 5 nitrogen and oxygen atoms in total. The summed E-state index contributed by atoms with van der Waals surface area (Å²) in [5, 5.41) is 0. The van der Waals surface area contributed by atoms with Gasteiger partial charge in [-0.05, 0) is 36.6 Å². The minimum atomic E-state index is -0.340. The molecule has 0 saturated carbocycles. The molecule has 1 fully saturated rings. The van der Waals surface area contributed by atoms with Crippen molar-refractivity contribution in [3.05, 3.63) is 35.9 Å². The van der Waals surface area contributed by atoms with E-state index in [0.29, 0.717) is 11.5 Å². The van der Waals surface area contributed by atoms with Gasteiger partial charge in [0.1, 0.15) is 0 Å². The van der Waals surface area contributed by atoms with Gasteiger partial charge in [0.05, 0.1) is 12.7 Å². The fourth-order valence-corrected chi connectivity index (χ4v) is 3.12. The van der Waals surface area contributed by atoms with E-state index in [1.165, 1.54) is 7.11 Å². The Balaban J connectivity index is 2.09. The van der Waals surface area contributed by atoms with E-state index < -0.39 is 0 Å². The molecule has 0 atom stereocenters. The molecule has 0 aromatic heterocycles. The Labute approximate surface area is 137 Å². The lowest BCUT2D eigenvalue weighted by molar-refractivity contribution is -0.141. The first kappa shape index (κ1) is 17.5. The molecule has 2 rings (SSSR count). The van der Waals surface area contributed by atoms with Crippen molar-refractivity contribution in [3.8, 4) is 0 Å². The number of rotatable bonds is 6. The summed E-state index contributed by atoms with van der Waals surface area (Å²) in [6.07, 6.45) is 3.57. The third-order valence-electron chi connectivity index (χ3n) is 4.41. The Morgan fingerprint density at radius 1 is 1.26 bits per heavy atom. The van der Waals surface area contributed by atoms with Crippen molar-refractivity contribution in [2.24, 2.45) is 5.92 Å². The third-order valence-corrected chi connectivity index (χ3v) is 4.41. The number of benzene rings is 1. The van der Waals surface area contributed by atoms with Crippen LogP contribution in [0.1, 0.15) is 28.8 Å². The van der Waals surface area contributed by atoms with Crippen LogP contribution in [0, 0.1) is 5.92 Å². The Kier molecular flexibility index (Phi) is 6.19. The molecule has 0 unspecified atom stereocenters. The van der Waals surface area contributed by atoms with E-state index in [0.717, 1.165) is 37.2 Å². The van der Waals surface area contributed by atoms with Crippen molar-refractivity contribution in [2.45, 2.75) is 19.1 Å². The number of ether oxygens (including phenoxy) is 3. The predicted octanol–water partition coefficient (Wildman–Crippen LogP) is 2.95. The molecule has 1 aromatic carbocycles. The average Bonchev–Trinajstić information content (AvgIpc) is 2.62. The van der Waals surface area contributed by atoms with Crippen LogP contribution in [0.5, 0.6) is 0 Å². The first-order valence-electron chi connectivity index (χ1n) is 7.80. The zero-order valence-electron chi connectivity index (χ0n) is 14.1. The highest BCUT2D eigenvalue weighted by Crippen LogP contribution is 2.28. The molecule has 0 spiro atoms. The number of piperidine rings is 1. The van der Waals surface area contributed by atoms with E-state index in [-0.39, 0.29) is 12.3 Å². The van der Waals surface area contributed by atoms with Gasteiger partial charge in [0.15, 0.2) is 6.29 Å². The number of esters is 1. The summed E-state index contributed by atoms with van der Waals surface area (Å²) >= 11 is 0. The van der Waals surface area contributed by atoms with Crippen LogP contribution >= 0.6 is 0 Å². The highest BCUT2D eigenvalue weighted by Gasteiger charge is 2.27. The number of hydrogen-bond donors (Lipinski definition) is 0. The molecule has 5 heteroatoms. The highest BCUT2D eigenvalue weighted by atomic mass is 16.7. The number of carbonyl (C=O) groups is 1. The molecular weight excluding hydrogens is 294 g/mol. The molecule has 23 heavy (non-hydrogen) atoms. The molecule has 1 aliphatic rings. The van der Waals surface area contributed by atoms with E-state index in [4.69, 9.17) is 14.2 Å². The lowest BCUT2D eigenvalue weighted by Crippen LogP contribution is -2.39. The van der Waals surface area contributed by atoms with Crippen LogP contribution in [0.15, 0.2) is 24.8 Å². The normalized spacial score (nSPS) is 15.7. The first-order chi connectivity index (χ1) is 11.1. The van der Waals surface area contributed by atoms with Gasteiger partial charge < -0.3 is 19.1 Å². The van der Waals surface area contributed by atoms with Crippen LogP contribution in [0.2, 0.25) is 0 Å². The Morgan fingerprint density at radius 2 is 1.91 bits per heavy atom. The van der Waals surface area contributed by atoms with Gasteiger partial charge in [-0.3, -0.25) is 0 Å². The quantitative estimate of drug-likeness (QED) is 0.596. The summed E-state index contributed by atoms with van der Waals surface area (Å²) in [5.41, 5.74) is 2.43. The summed E-state index contributed by atoms with van der Waals surface area (Å²) in [4.78, 5) is 14.1. The van der Waals surface area contributed by atoms with Crippen molar-refractivity contribution in [3.63, 3.8) is 0 Å². The number of hydrogen-bond acceptors (Lipinski definition) is 5. The molecular formula is C18H25NO4. The maximum absolute atomic E-state index is 11.8. The van der Waals surface area contributed by atoms with E-state index in [1.54, 1.807) is 26.4 Å². The summed E-state index contributed by atoms with van der Waals surface area (Å²) in [5.74, 6) is 0.0719. The van der Waals surface area contributed by atoms with Crippen molar-refractivity contribution in [2.75, 3.05) is 39.3 Å². The van der Waals surface area contributed by atoms with Gasteiger partial charge in [-0.15, -0.1) is 0 Å². The number of carbonyl (C=O) groups excluding carboxylic acids is 1. The average molecular weight is 319 g/mol. The summed E-state index contributed by atoms with van der Waals surface area (Å²) in [6.45, 7) is 5.66. The SMILES string of the molecule is C=Cc1cc(N2CCC(C(OC)OC)CC2)ccc1C(=O)OC. The van der Waals surface area contributed by atoms with E-state index in [2.05, 4.69) is 11.5 Å². The summed E-state index contributed by atoms with van der Waals surface area (Å²) < 4.78 is 15.5. The van der Waals surface area contributed by atoms with Gasteiger partial charge in [-0.1, -0.05) is 12.7 Å². The molecule has 1 aliphatic heterocycles. The first-order valence-corrected chi connectivity index (χ1v) is 7.80. The van der Waals surface area contributed by atoms with Gasteiger partial charge in [-0.2, -0.15) is 0 Å². The topological polar surface area (TPSA) is 48.0 Å². The van der Waals surface area contributed by atoms with Crippen LogP contribution < -0.4 is 4.90 Å². The number of anilines is 1. The second kappa shape index (κ2) is 8.13. The Bertz CT molecular complexity index is 546. The van der Waals surface area contributed by atoms with Crippen LogP contribution in [0.3, 0.4) is 0 Å². The van der Waals surface area contributed by atoms with Crippen LogP contribution in [-0.2, 0) is 14.2 Å². The van der Waals surface area contributed by atoms with Gasteiger partial charge >= 0.3 is 5.97 Å².